The highest BCUT2D eigenvalue weighted by Gasteiger charge is 2.01. The summed E-state index contributed by atoms with van der Waals surface area (Å²) >= 11 is 11.5. The second kappa shape index (κ2) is 5.37. The lowest BCUT2D eigenvalue weighted by Gasteiger charge is -2.06. The summed E-state index contributed by atoms with van der Waals surface area (Å²) in [5, 5.41) is 2.49. The summed E-state index contributed by atoms with van der Waals surface area (Å²) < 4.78 is 5.55. The molecule has 2 rings (SSSR count). The summed E-state index contributed by atoms with van der Waals surface area (Å²) in [5.41, 5.74) is 0. The number of pyridine rings is 1. The van der Waals surface area contributed by atoms with E-state index in [1.165, 1.54) is 0 Å². The molecule has 0 aliphatic heterocycles. The molecule has 84 valence electrons. The molecule has 0 saturated heterocycles. The molecular formula is C12H11Cl2NO. The van der Waals surface area contributed by atoms with Crippen LogP contribution in [0.3, 0.4) is 0 Å². The maximum atomic E-state index is 5.97. The molecule has 16 heavy (non-hydrogen) atoms. The van der Waals surface area contributed by atoms with Crippen LogP contribution in [0.25, 0.3) is 10.8 Å². The third kappa shape index (κ3) is 2.57. The van der Waals surface area contributed by atoms with Crippen molar-refractivity contribution in [3.63, 3.8) is 0 Å². The minimum absolute atomic E-state index is 0.518. The number of halogens is 2. The fourth-order valence-electron chi connectivity index (χ4n) is 1.45. The number of alkyl halides is 1. The molecule has 0 aliphatic rings. The van der Waals surface area contributed by atoms with Crippen molar-refractivity contribution in [2.45, 2.75) is 6.42 Å². The molecule has 4 heteroatoms. The van der Waals surface area contributed by atoms with E-state index in [2.05, 4.69) is 4.98 Å². The Kier molecular flexibility index (Phi) is 3.86. The van der Waals surface area contributed by atoms with E-state index in [0.717, 1.165) is 22.9 Å². The van der Waals surface area contributed by atoms with Crippen LogP contribution in [0.2, 0.25) is 5.15 Å². The van der Waals surface area contributed by atoms with Crippen molar-refractivity contribution >= 4 is 34.0 Å². The normalized spacial score (nSPS) is 10.6. The smallest absolute Gasteiger partial charge is 0.136 e. The number of ether oxygens (including phenoxy) is 1. The van der Waals surface area contributed by atoms with E-state index in [-0.39, 0.29) is 0 Å². The van der Waals surface area contributed by atoms with E-state index >= 15 is 0 Å². The largest absolute Gasteiger partial charge is 0.494 e. The zero-order chi connectivity index (χ0) is 11.4. The van der Waals surface area contributed by atoms with Crippen LogP contribution in [-0.2, 0) is 0 Å². The number of hydrogen-bond donors (Lipinski definition) is 0. The molecule has 0 radical (unpaired) electrons. The quantitative estimate of drug-likeness (QED) is 0.470. The van der Waals surface area contributed by atoms with Gasteiger partial charge in [0.2, 0.25) is 0 Å². The second-order valence-electron chi connectivity index (χ2n) is 3.38. The number of benzene rings is 1. The number of nitrogens with zero attached hydrogens (tertiary/aromatic N) is 1. The van der Waals surface area contributed by atoms with Crippen LogP contribution >= 0.6 is 23.2 Å². The summed E-state index contributed by atoms with van der Waals surface area (Å²) in [5.74, 6) is 1.45. The van der Waals surface area contributed by atoms with Crippen molar-refractivity contribution in [2.24, 2.45) is 0 Å². The summed E-state index contributed by atoms with van der Waals surface area (Å²) in [6.07, 6.45) is 2.53. The van der Waals surface area contributed by atoms with Crippen molar-refractivity contribution in [2.75, 3.05) is 12.5 Å². The first-order chi connectivity index (χ1) is 7.81. The summed E-state index contributed by atoms with van der Waals surface area (Å²) in [4.78, 5) is 4.02. The van der Waals surface area contributed by atoms with Gasteiger partial charge in [-0.2, -0.15) is 0 Å². The molecule has 0 fully saturated rings. The van der Waals surface area contributed by atoms with Gasteiger partial charge < -0.3 is 4.74 Å². The van der Waals surface area contributed by atoms with E-state index in [0.29, 0.717) is 17.6 Å². The summed E-state index contributed by atoms with van der Waals surface area (Å²) in [6.45, 7) is 0.633. The fraction of sp³-hybridized carbons (Fsp3) is 0.250. The van der Waals surface area contributed by atoms with E-state index in [4.69, 9.17) is 27.9 Å². The van der Waals surface area contributed by atoms with Crippen molar-refractivity contribution in [3.05, 3.63) is 35.6 Å². The third-order valence-electron chi connectivity index (χ3n) is 2.23. The van der Waals surface area contributed by atoms with Crippen LogP contribution in [0, 0.1) is 0 Å². The van der Waals surface area contributed by atoms with Crippen LogP contribution < -0.4 is 4.74 Å². The number of aromatic nitrogens is 1. The molecule has 1 heterocycles. The van der Waals surface area contributed by atoms with Gasteiger partial charge in [-0.05, 0) is 36.1 Å². The molecule has 2 nitrogen and oxygen atoms in total. The second-order valence-corrected chi connectivity index (χ2v) is 4.11. The molecule has 0 bridgehead atoms. The molecule has 0 unspecified atom stereocenters. The van der Waals surface area contributed by atoms with Gasteiger partial charge in [-0.25, -0.2) is 4.98 Å². The molecule has 0 amide bonds. The van der Waals surface area contributed by atoms with E-state index in [9.17, 15) is 0 Å². The van der Waals surface area contributed by atoms with Gasteiger partial charge in [-0.15, -0.1) is 11.6 Å². The van der Waals surface area contributed by atoms with Gasteiger partial charge in [0.1, 0.15) is 10.9 Å². The van der Waals surface area contributed by atoms with Gasteiger partial charge in [-0.1, -0.05) is 11.6 Å². The van der Waals surface area contributed by atoms with Gasteiger partial charge in [0.25, 0.3) is 0 Å². The van der Waals surface area contributed by atoms with Crippen LogP contribution in [-0.4, -0.2) is 17.5 Å². The molecule has 1 aromatic carbocycles. The standard InChI is InChI=1S/C12H11Cl2NO/c13-5-1-7-16-10-2-3-11-9(8-10)4-6-15-12(11)14/h2-4,6,8H,1,5,7H2. The molecule has 0 atom stereocenters. The molecule has 1 aromatic heterocycles. The average molecular weight is 256 g/mol. The Morgan fingerprint density at radius 2 is 2.12 bits per heavy atom. The van der Waals surface area contributed by atoms with Gasteiger partial charge >= 0.3 is 0 Å². The maximum absolute atomic E-state index is 5.97. The van der Waals surface area contributed by atoms with Gasteiger partial charge in [0.15, 0.2) is 0 Å². The first-order valence-electron chi connectivity index (χ1n) is 5.04. The highest BCUT2D eigenvalue weighted by Crippen LogP contribution is 2.25. The van der Waals surface area contributed by atoms with Crippen LogP contribution in [0.4, 0.5) is 0 Å². The Hall–Kier alpha value is -0.990. The average Bonchev–Trinajstić information content (AvgIpc) is 2.30. The number of fused-ring (bicyclic) bond motifs is 1. The van der Waals surface area contributed by atoms with Gasteiger partial charge in [-0.3, -0.25) is 0 Å². The van der Waals surface area contributed by atoms with E-state index in [1.54, 1.807) is 6.20 Å². The van der Waals surface area contributed by atoms with Crippen molar-refractivity contribution in [1.82, 2.24) is 4.98 Å². The Morgan fingerprint density at radius 3 is 2.94 bits per heavy atom. The number of rotatable bonds is 4. The Bertz CT molecular complexity index is 487. The lowest BCUT2D eigenvalue weighted by molar-refractivity contribution is 0.319. The third-order valence-corrected chi connectivity index (χ3v) is 2.80. The van der Waals surface area contributed by atoms with E-state index in [1.807, 2.05) is 24.3 Å². The lowest BCUT2D eigenvalue weighted by Crippen LogP contribution is -1.97. The van der Waals surface area contributed by atoms with Crippen molar-refractivity contribution < 1.29 is 4.74 Å². The lowest BCUT2D eigenvalue weighted by atomic mass is 10.2. The minimum atomic E-state index is 0.518. The van der Waals surface area contributed by atoms with Crippen LogP contribution in [0.5, 0.6) is 5.75 Å². The first kappa shape index (κ1) is 11.5. The SMILES string of the molecule is ClCCCOc1ccc2c(Cl)nccc2c1. The molecule has 2 aromatic rings. The Balaban J connectivity index is 2.23. The molecular weight excluding hydrogens is 245 g/mol. The number of hydrogen-bond acceptors (Lipinski definition) is 2. The zero-order valence-corrected chi connectivity index (χ0v) is 10.1. The minimum Gasteiger partial charge on any atom is -0.494 e. The topological polar surface area (TPSA) is 22.1 Å². The van der Waals surface area contributed by atoms with Gasteiger partial charge in [0.05, 0.1) is 6.61 Å². The monoisotopic (exact) mass is 255 g/mol. The zero-order valence-electron chi connectivity index (χ0n) is 8.62. The van der Waals surface area contributed by atoms with Crippen LogP contribution in [0.1, 0.15) is 6.42 Å². The fourth-order valence-corrected chi connectivity index (χ4v) is 1.79. The van der Waals surface area contributed by atoms with E-state index < -0.39 is 0 Å². The van der Waals surface area contributed by atoms with Crippen molar-refractivity contribution in [3.8, 4) is 5.75 Å². The molecule has 0 aliphatic carbocycles. The highest BCUT2D eigenvalue weighted by molar-refractivity contribution is 6.34. The van der Waals surface area contributed by atoms with Crippen LogP contribution in [0.15, 0.2) is 30.5 Å². The summed E-state index contributed by atoms with van der Waals surface area (Å²) in [6, 6.07) is 7.68. The summed E-state index contributed by atoms with van der Waals surface area (Å²) in [7, 11) is 0. The molecule has 0 saturated carbocycles. The highest BCUT2D eigenvalue weighted by atomic mass is 35.5. The predicted octanol–water partition coefficient (Wildman–Crippen LogP) is 3.90. The maximum Gasteiger partial charge on any atom is 0.136 e. The van der Waals surface area contributed by atoms with Gasteiger partial charge in [0, 0.05) is 17.5 Å². The van der Waals surface area contributed by atoms with Crippen molar-refractivity contribution in [1.29, 1.82) is 0 Å². The predicted molar refractivity (Wildman–Crippen MR) is 67.6 cm³/mol. The Morgan fingerprint density at radius 1 is 1.25 bits per heavy atom. The molecule has 0 spiro atoms. The molecule has 0 N–H and O–H groups in total. The Labute approximate surface area is 104 Å². The first-order valence-corrected chi connectivity index (χ1v) is 5.95.